The lowest BCUT2D eigenvalue weighted by atomic mass is 9.99. The Labute approximate surface area is 188 Å². The van der Waals surface area contributed by atoms with Crippen LogP contribution in [0.25, 0.3) is 0 Å². The summed E-state index contributed by atoms with van der Waals surface area (Å²) in [4.78, 5) is 24.1. The Kier molecular flexibility index (Phi) is 7.86. The van der Waals surface area contributed by atoms with Gasteiger partial charge >= 0.3 is 5.97 Å². The first kappa shape index (κ1) is 23.4. The first-order valence-corrected chi connectivity index (χ1v) is 12.6. The van der Waals surface area contributed by atoms with Crippen LogP contribution >= 0.6 is 23.1 Å². The molecule has 1 aromatic heterocycles. The summed E-state index contributed by atoms with van der Waals surface area (Å²) in [6, 6.07) is 6.16. The van der Waals surface area contributed by atoms with Crippen LogP contribution in [0.4, 0.5) is 5.13 Å². The summed E-state index contributed by atoms with van der Waals surface area (Å²) in [5.41, 5.74) is 0. The van der Waals surface area contributed by atoms with Crippen molar-refractivity contribution >= 4 is 50.1 Å². The molecular weight excluding hydrogens is 464 g/mol. The molecule has 1 atom stereocenters. The molecule has 3 rings (SSSR count). The highest BCUT2D eigenvalue weighted by Gasteiger charge is 2.33. The molecule has 1 aliphatic heterocycles. The monoisotopic (exact) mass is 486 g/mol. The van der Waals surface area contributed by atoms with E-state index in [9.17, 15) is 18.0 Å². The predicted molar refractivity (Wildman–Crippen MR) is 116 cm³/mol. The second-order valence-corrected chi connectivity index (χ2v) is 10.7. The van der Waals surface area contributed by atoms with Gasteiger partial charge in [0.05, 0.1) is 30.8 Å². The molecule has 13 heteroatoms. The highest BCUT2D eigenvalue weighted by atomic mass is 32.2. The number of esters is 1. The van der Waals surface area contributed by atoms with E-state index < -0.39 is 15.9 Å². The summed E-state index contributed by atoms with van der Waals surface area (Å²) in [6.07, 6.45) is 1.15. The van der Waals surface area contributed by atoms with Crippen molar-refractivity contribution in [2.75, 3.05) is 38.4 Å². The van der Waals surface area contributed by atoms with Crippen molar-refractivity contribution in [1.82, 2.24) is 14.5 Å². The van der Waals surface area contributed by atoms with Crippen molar-refractivity contribution < 1.29 is 27.5 Å². The van der Waals surface area contributed by atoms with Crippen LogP contribution in [0, 0.1) is 5.92 Å². The number of nitrogens with one attached hydrogen (secondary N) is 1. The van der Waals surface area contributed by atoms with Gasteiger partial charge in [-0.25, -0.2) is 8.42 Å². The van der Waals surface area contributed by atoms with Crippen LogP contribution in [0.2, 0.25) is 0 Å². The number of piperidine rings is 1. The Balaban J connectivity index is 1.61. The van der Waals surface area contributed by atoms with E-state index in [-0.39, 0.29) is 29.1 Å². The fourth-order valence-corrected chi connectivity index (χ4v) is 6.09. The van der Waals surface area contributed by atoms with Gasteiger partial charge in [-0.1, -0.05) is 23.1 Å². The van der Waals surface area contributed by atoms with E-state index in [1.807, 2.05) is 0 Å². The first-order chi connectivity index (χ1) is 14.8. The Bertz CT molecular complexity index is 1030. The molecule has 168 valence electrons. The number of ether oxygens (including phenoxy) is 2. The second-order valence-electron chi connectivity index (χ2n) is 6.60. The third-order valence-electron chi connectivity index (χ3n) is 4.63. The van der Waals surface area contributed by atoms with Crippen LogP contribution < -0.4 is 10.1 Å². The van der Waals surface area contributed by atoms with E-state index in [2.05, 4.69) is 20.3 Å². The van der Waals surface area contributed by atoms with Crippen LogP contribution in [0.15, 0.2) is 33.5 Å². The summed E-state index contributed by atoms with van der Waals surface area (Å²) >= 11 is 2.30. The van der Waals surface area contributed by atoms with Crippen molar-refractivity contribution in [3.8, 4) is 5.75 Å². The van der Waals surface area contributed by atoms with Crippen molar-refractivity contribution in [1.29, 1.82) is 0 Å². The van der Waals surface area contributed by atoms with Crippen LogP contribution in [-0.4, -0.2) is 67.9 Å². The number of anilines is 1. The Hall–Kier alpha value is -2.22. The van der Waals surface area contributed by atoms with Gasteiger partial charge in [0.1, 0.15) is 5.75 Å². The maximum Gasteiger partial charge on any atom is 0.316 e. The molecule has 1 saturated heterocycles. The van der Waals surface area contributed by atoms with Crippen molar-refractivity contribution in [2.24, 2.45) is 5.92 Å². The van der Waals surface area contributed by atoms with Crippen LogP contribution in [0.1, 0.15) is 12.8 Å². The fraction of sp³-hybridized carbons (Fsp3) is 0.444. The number of nitrogens with zero attached hydrogens (tertiary/aromatic N) is 3. The zero-order chi connectivity index (χ0) is 22.4. The van der Waals surface area contributed by atoms with E-state index in [1.165, 1.54) is 30.7 Å². The van der Waals surface area contributed by atoms with Gasteiger partial charge in [0.25, 0.3) is 0 Å². The number of hydrogen-bond acceptors (Lipinski definition) is 10. The molecule has 1 N–H and O–H groups in total. The number of carbonyl (C=O) groups is 2. The van der Waals surface area contributed by atoms with Gasteiger partial charge < -0.3 is 14.8 Å². The molecule has 31 heavy (non-hydrogen) atoms. The normalized spacial score (nSPS) is 17.2. The van der Waals surface area contributed by atoms with Crippen LogP contribution in [0.5, 0.6) is 5.75 Å². The average Bonchev–Trinajstić information content (AvgIpc) is 3.24. The fourth-order valence-electron chi connectivity index (χ4n) is 2.98. The van der Waals surface area contributed by atoms with Gasteiger partial charge in [-0.05, 0) is 37.1 Å². The number of thioether (sulfide) groups is 1. The molecule has 0 radical (unpaired) electrons. The largest absolute Gasteiger partial charge is 0.497 e. The van der Waals surface area contributed by atoms with E-state index >= 15 is 0 Å². The summed E-state index contributed by atoms with van der Waals surface area (Å²) in [5.74, 6) is -0.533. The maximum absolute atomic E-state index is 13.0. The third kappa shape index (κ3) is 5.93. The van der Waals surface area contributed by atoms with Crippen molar-refractivity contribution in [3.05, 3.63) is 24.3 Å². The molecule has 1 aromatic carbocycles. The molecule has 0 saturated carbocycles. The number of carbonyl (C=O) groups excluding carboxylic acids is 2. The van der Waals surface area contributed by atoms with Crippen molar-refractivity contribution in [2.45, 2.75) is 22.1 Å². The number of benzene rings is 1. The minimum absolute atomic E-state index is 0.0863. The molecule has 1 amide bonds. The first-order valence-electron chi connectivity index (χ1n) is 9.31. The highest BCUT2D eigenvalue weighted by molar-refractivity contribution is 8.01. The maximum atomic E-state index is 13.0. The quantitative estimate of drug-likeness (QED) is 0.338. The summed E-state index contributed by atoms with van der Waals surface area (Å²) in [6.45, 7) is 0.439. The lowest BCUT2D eigenvalue weighted by Crippen LogP contribution is -2.43. The summed E-state index contributed by atoms with van der Waals surface area (Å²) in [5, 5.41) is 10.8. The van der Waals surface area contributed by atoms with Gasteiger partial charge in [0.2, 0.25) is 21.1 Å². The molecule has 2 aromatic rings. The number of rotatable bonds is 8. The number of amides is 1. The SMILES string of the molecule is COC(=O)CSc1nnc(NC(=O)[C@@H]2CCCN(S(=O)(=O)c3ccc(OC)cc3)C2)s1. The predicted octanol–water partition coefficient (Wildman–Crippen LogP) is 1.85. The highest BCUT2D eigenvalue weighted by Crippen LogP contribution is 2.28. The standard InChI is InChI=1S/C18H22N4O6S3/c1-27-13-5-7-14(8-6-13)31(25,26)22-9-3-4-12(10-22)16(24)19-17-20-21-18(30-17)29-11-15(23)28-2/h5-8,12H,3-4,9-11H2,1-2H3,(H,19,20,24)/t12-/m1/s1. The number of sulfonamides is 1. The van der Waals surface area contributed by atoms with Gasteiger partial charge in [0.15, 0.2) is 4.34 Å². The zero-order valence-electron chi connectivity index (χ0n) is 16.9. The van der Waals surface area contributed by atoms with Crippen LogP contribution in [-0.2, 0) is 24.3 Å². The Morgan fingerprint density at radius 1 is 1.26 bits per heavy atom. The van der Waals surface area contributed by atoms with E-state index in [1.54, 1.807) is 12.1 Å². The van der Waals surface area contributed by atoms with Gasteiger partial charge in [-0.15, -0.1) is 10.2 Å². The molecule has 2 heterocycles. The van der Waals surface area contributed by atoms with Gasteiger partial charge in [-0.3, -0.25) is 9.59 Å². The lowest BCUT2D eigenvalue weighted by Gasteiger charge is -2.31. The smallest absolute Gasteiger partial charge is 0.316 e. The Morgan fingerprint density at radius 3 is 2.68 bits per heavy atom. The minimum atomic E-state index is -3.71. The van der Waals surface area contributed by atoms with Gasteiger partial charge in [-0.2, -0.15) is 4.31 Å². The zero-order valence-corrected chi connectivity index (χ0v) is 19.4. The molecule has 0 bridgehead atoms. The molecule has 0 aliphatic carbocycles. The van der Waals surface area contributed by atoms with Gasteiger partial charge in [0, 0.05) is 13.1 Å². The molecule has 1 fully saturated rings. The molecule has 0 unspecified atom stereocenters. The number of methoxy groups -OCH3 is 2. The average molecular weight is 487 g/mol. The minimum Gasteiger partial charge on any atom is -0.497 e. The lowest BCUT2D eigenvalue weighted by molar-refractivity contribution is -0.137. The number of hydrogen-bond donors (Lipinski definition) is 1. The summed E-state index contributed by atoms with van der Waals surface area (Å²) < 4.78 is 37.4. The van der Waals surface area contributed by atoms with Crippen LogP contribution in [0.3, 0.4) is 0 Å². The third-order valence-corrected chi connectivity index (χ3v) is 8.45. The van der Waals surface area contributed by atoms with E-state index in [0.717, 1.165) is 23.1 Å². The molecule has 1 aliphatic rings. The number of aromatic nitrogens is 2. The Morgan fingerprint density at radius 2 is 2.00 bits per heavy atom. The summed E-state index contributed by atoms with van der Waals surface area (Å²) in [7, 11) is -0.902. The van der Waals surface area contributed by atoms with Crippen molar-refractivity contribution in [3.63, 3.8) is 0 Å². The second kappa shape index (κ2) is 10.4. The molecule has 0 spiro atoms. The molecule has 10 nitrogen and oxygen atoms in total. The topological polar surface area (TPSA) is 128 Å². The van der Waals surface area contributed by atoms with E-state index in [4.69, 9.17) is 4.74 Å². The molecular formula is C18H22N4O6S3. The van der Waals surface area contributed by atoms with E-state index in [0.29, 0.717) is 34.6 Å².